The molecular formula is C25H35N3O2. The predicted octanol–water partition coefficient (Wildman–Crippen LogP) is 4.13. The molecule has 0 radical (unpaired) electrons. The number of aromatic nitrogens is 1. The molecule has 5 nitrogen and oxygen atoms in total. The van der Waals surface area contributed by atoms with Crippen molar-refractivity contribution in [3.63, 3.8) is 0 Å². The van der Waals surface area contributed by atoms with Crippen LogP contribution in [0, 0.1) is 0 Å². The lowest BCUT2D eigenvalue weighted by molar-refractivity contribution is 0.0359. The molecule has 0 unspecified atom stereocenters. The first-order valence-electron chi connectivity index (χ1n) is 11.5. The maximum atomic E-state index is 6.23. The highest BCUT2D eigenvalue weighted by Crippen LogP contribution is 2.25. The van der Waals surface area contributed by atoms with Crippen LogP contribution < -0.4 is 4.74 Å². The third-order valence-electron chi connectivity index (χ3n) is 6.09. The Morgan fingerprint density at radius 1 is 1.03 bits per heavy atom. The average Bonchev–Trinajstić information content (AvgIpc) is 3.28. The first kappa shape index (κ1) is 21.3. The van der Waals surface area contributed by atoms with Gasteiger partial charge < -0.3 is 9.47 Å². The van der Waals surface area contributed by atoms with E-state index in [0.717, 1.165) is 58.2 Å². The standard InChI is InChI=1S/C25H35N3O2/c1-2-9-24(8-1)30-25-10-3-6-22(18-25)20-28(21-23-7-4-11-26-19-23)13-5-12-27-14-16-29-17-15-27/h3-4,6-7,10-11,18-19,24H,1-2,5,8-9,12-17,20-21H2. The number of ether oxygens (including phenoxy) is 2. The number of pyridine rings is 1. The van der Waals surface area contributed by atoms with E-state index in [1.54, 1.807) is 0 Å². The molecule has 1 saturated heterocycles. The number of morpholine rings is 1. The molecule has 5 heteroatoms. The summed E-state index contributed by atoms with van der Waals surface area (Å²) in [5.74, 6) is 1.02. The van der Waals surface area contributed by atoms with E-state index < -0.39 is 0 Å². The van der Waals surface area contributed by atoms with Crippen LogP contribution in [-0.2, 0) is 17.8 Å². The molecule has 0 atom stereocenters. The second-order valence-electron chi connectivity index (χ2n) is 8.55. The van der Waals surface area contributed by atoms with Gasteiger partial charge in [0.1, 0.15) is 5.75 Å². The van der Waals surface area contributed by atoms with Crippen molar-refractivity contribution in [2.45, 2.75) is 51.3 Å². The minimum Gasteiger partial charge on any atom is -0.490 e. The molecule has 0 spiro atoms. The molecule has 0 amide bonds. The summed E-state index contributed by atoms with van der Waals surface area (Å²) in [6.07, 6.45) is 10.4. The minimum atomic E-state index is 0.403. The molecule has 0 N–H and O–H groups in total. The maximum absolute atomic E-state index is 6.23. The molecule has 1 aromatic heterocycles. The van der Waals surface area contributed by atoms with E-state index in [0.29, 0.717) is 6.10 Å². The summed E-state index contributed by atoms with van der Waals surface area (Å²) in [5.41, 5.74) is 2.59. The molecule has 1 aliphatic carbocycles. The summed E-state index contributed by atoms with van der Waals surface area (Å²) in [6.45, 7) is 7.91. The average molecular weight is 410 g/mol. The highest BCUT2D eigenvalue weighted by molar-refractivity contribution is 5.29. The van der Waals surface area contributed by atoms with Crippen LogP contribution in [-0.4, -0.2) is 60.3 Å². The van der Waals surface area contributed by atoms with E-state index in [1.165, 1.54) is 43.2 Å². The van der Waals surface area contributed by atoms with Crippen molar-refractivity contribution in [2.24, 2.45) is 0 Å². The van der Waals surface area contributed by atoms with Crippen LogP contribution in [0.15, 0.2) is 48.8 Å². The molecule has 2 heterocycles. The highest BCUT2D eigenvalue weighted by atomic mass is 16.5. The van der Waals surface area contributed by atoms with Crippen LogP contribution >= 0.6 is 0 Å². The zero-order valence-electron chi connectivity index (χ0n) is 18.0. The van der Waals surface area contributed by atoms with E-state index >= 15 is 0 Å². The molecule has 4 rings (SSSR count). The van der Waals surface area contributed by atoms with Crippen LogP contribution in [0.3, 0.4) is 0 Å². The quantitative estimate of drug-likeness (QED) is 0.590. The van der Waals surface area contributed by atoms with Gasteiger partial charge in [-0.25, -0.2) is 0 Å². The fourth-order valence-corrected chi connectivity index (χ4v) is 4.48. The topological polar surface area (TPSA) is 37.8 Å². The molecule has 0 bridgehead atoms. The van der Waals surface area contributed by atoms with E-state index in [2.05, 4.69) is 45.1 Å². The lowest BCUT2D eigenvalue weighted by atomic mass is 10.1. The third-order valence-corrected chi connectivity index (χ3v) is 6.09. The zero-order valence-corrected chi connectivity index (χ0v) is 18.0. The van der Waals surface area contributed by atoms with Crippen molar-refractivity contribution in [2.75, 3.05) is 39.4 Å². The Bertz CT molecular complexity index is 743. The maximum Gasteiger partial charge on any atom is 0.120 e. The summed E-state index contributed by atoms with van der Waals surface area (Å²) >= 11 is 0. The van der Waals surface area contributed by atoms with E-state index in [4.69, 9.17) is 9.47 Å². The largest absolute Gasteiger partial charge is 0.490 e. The van der Waals surface area contributed by atoms with Gasteiger partial charge in [-0.3, -0.25) is 14.8 Å². The van der Waals surface area contributed by atoms with Crippen LogP contribution in [0.1, 0.15) is 43.2 Å². The first-order chi connectivity index (χ1) is 14.8. The van der Waals surface area contributed by atoms with Crippen molar-refractivity contribution in [3.8, 4) is 5.75 Å². The molecule has 1 saturated carbocycles. The number of hydrogen-bond donors (Lipinski definition) is 0. The SMILES string of the molecule is c1cncc(CN(CCCN2CCOCC2)Cc2cccc(OC3CCCC3)c2)c1. The summed E-state index contributed by atoms with van der Waals surface area (Å²) in [6, 6.07) is 12.9. The van der Waals surface area contributed by atoms with Gasteiger partial charge in [-0.2, -0.15) is 0 Å². The number of hydrogen-bond acceptors (Lipinski definition) is 5. The van der Waals surface area contributed by atoms with Gasteiger partial charge in [0.25, 0.3) is 0 Å². The van der Waals surface area contributed by atoms with Crippen molar-refractivity contribution in [3.05, 3.63) is 59.9 Å². The Labute approximate surface area is 181 Å². The van der Waals surface area contributed by atoms with E-state index in [-0.39, 0.29) is 0 Å². The Hall–Kier alpha value is -1.95. The van der Waals surface area contributed by atoms with Gasteiger partial charge >= 0.3 is 0 Å². The van der Waals surface area contributed by atoms with Gasteiger partial charge in [0, 0.05) is 45.1 Å². The lowest BCUT2D eigenvalue weighted by Crippen LogP contribution is -2.38. The van der Waals surface area contributed by atoms with Gasteiger partial charge in [0.05, 0.1) is 19.3 Å². The second kappa shape index (κ2) is 11.4. The Morgan fingerprint density at radius 3 is 2.63 bits per heavy atom. The monoisotopic (exact) mass is 409 g/mol. The normalized spacial score (nSPS) is 18.2. The summed E-state index contributed by atoms with van der Waals surface area (Å²) in [7, 11) is 0. The Morgan fingerprint density at radius 2 is 1.83 bits per heavy atom. The van der Waals surface area contributed by atoms with Crippen LogP contribution in [0.2, 0.25) is 0 Å². The van der Waals surface area contributed by atoms with Crippen molar-refractivity contribution in [1.29, 1.82) is 0 Å². The Balaban J connectivity index is 1.35. The zero-order chi connectivity index (χ0) is 20.4. The molecular weight excluding hydrogens is 374 g/mol. The second-order valence-corrected chi connectivity index (χ2v) is 8.55. The predicted molar refractivity (Wildman–Crippen MR) is 120 cm³/mol. The third kappa shape index (κ3) is 6.79. The van der Waals surface area contributed by atoms with Gasteiger partial charge in [-0.1, -0.05) is 18.2 Å². The number of nitrogens with zero attached hydrogens (tertiary/aromatic N) is 3. The van der Waals surface area contributed by atoms with Crippen molar-refractivity contribution < 1.29 is 9.47 Å². The van der Waals surface area contributed by atoms with Gasteiger partial charge in [0.15, 0.2) is 0 Å². The molecule has 2 aromatic rings. The molecule has 30 heavy (non-hydrogen) atoms. The summed E-state index contributed by atoms with van der Waals surface area (Å²) < 4.78 is 11.7. The minimum absolute atomic E-state index is 0.403. The van der Waals surface area contributed by atoms with Gasteiger partial charge in [0.2, 0.25) is 0 Å². The van der Waals surface area contributed by atoms with Crippen LogP contribution in [0.5, 0.6) is 5.75 Å². The van der Waals surface area contributed by atoms with Crippen LogP contribution in [0.25, 0.3) is 0 Å². The highest BCUT2D eigenvalue weighted by Gasteiger charge is 2.17. The van der Waals surface area contributed by atoms with E-state index in [9.17, 15) is 0 Å². The van der Waals surface area contributed by atoms with Crippen molar-refractivity contribution in [1.82, 2.24) is 14.8 Å². The molecule has 162 valence electrons. The molecule has 1 aromatic carbocycles. The van der Waals surface area contributed by atoms with Crippen molar-refractivity contribution >= 4 is 0 Å². The fourth-order valence-electron chi connectivity index (χ4n) is 4.48. The van der Waals surface area contributed by atoms with Crippen LogP contribution in [0.4, 0.5) is 0 Å². The molecule has 2 fully saturated rings. The first-order valence-corrected chi connectivity index (χ1v) is 11.5. The summed E-state index contributed by atoms with van der Waals surface area (Å²) in [5, 5.41) is 0. The molecule has 2 aliphatic rings. The summed E-state index contributed by atoms with van der Waals surface area (Å²) in [4.78, 5) is 9.35. The fraction of sp³-hybridized carbons (Fsp3) is 0.560. The van der Waals surface area contributed by atoms with Gasteiger partial charge in [-0.05, 0) is 68.0 Å². The Kier molecular flexibility index (Phi) is 8.12. The smallest absolute Gasteiger partial charge is 0.120 e. The molecule has 1 aliphatic heterocycles. The number of benzene rings is 1. The number of rotatable bonds is 10. The lowest BCUT2D eigenvalue weighted by Gasteiger charge is -2.28. The van der Waals surface area contributed by atoms with Gasteiger partial charge in [-0.15, -0.1) is 0 Å². The van der Waals surface area contributed by atoms with E-state index in [1.807, 2.05) is 18.5 Å².